The standard InChI is InChI=1S/C18H17N3O2/c1-2-23-18(22)16-10-8-15(9-11-16)17-12-19-20-21(17)13-14-6-4-3-5-7-14/h3-12H,2,13H2,1H3. The Bertz CT molecular complexity index is 780. The van der Waals surface area contributed by atoms with E-state index in [0.29, 0.717) is 18.7 Å². The molecule has 0 amide bonds. The van der Waals surface area contributed by atoms with Gasteiger partial charge in [-0.1, -0.05) is 47.7 Å². The van der Waals surface area contributed by atoms with E-state index in [1.54, 1.807) is 25.3 Å². The zero-order valence-corrected chi connectivity index (χ0v) is 12.8. The molecule has 0 N–H and O–H groups in total. The van der Waals surface area contributed by atoms with E-state index < -0.39 is 0 Å². The summed E-state index contributed by atoms with van der Waals surface area (Å²) >= 11 is 0. The third-order valence-corrected chi connectivity index (χ3v) is 3.48. The molecule has 1 aromatic heterocycles. The highest BCUT2D eigenvalue weighted by molar-refractivity contribution is 5.89. The summed E-state index contributed by atoms with van der Waals surface area (Å²) in [5.41, 5.74) is 3.56. The number of benzene rings is 2. The lowest BCUT2D eigenvalue weighted by atomic mass is 10.1. The molecule has 0 saturated carbocycles. The highest BCUT2D eigenvalue weighted by Gasteiger charge is 2.10. The van der Waals surface area contributed by atoms with Gasteiger partial charge in [0.15, 0.2) is 0 Å². The maximum atomic E-state index is 11.7. The van der Waals surface area contributed by atoms with E-state index in [4.69, 9.17) is 4.74 Å². The Kier molecular flexibility index (Phi) is 4.47. The van der Waals surface area contributed by atoms with Gasteiger partial charge in [-0.05, 0) is 24.6 Å². The minimum atomic E-state index is -0.310. The molecule has 0 atom stereocenters. The van der Waals surface area contributed by atoms with Gasteiger partial charge in [-0.25, -0.2) is 9.48 Å². The summed E-state index contributed by atoms with van der Waals surface area (Å²) in [5, 5.41) is 8.15. The Morgan fingerprint density at radius 1 is 1.09 bits per heavy atom. The van der Waals surface area contributed by atoms with Gasteiger partial charge in [0.25, 0.3) is 0 Å². The molecule has 116 valence electrons. The summed E-state index contributed by atoms with van der Waals surface area (Å²) in [6.45, 7) is 2.81. The molecule has 0 unspecified atom stereocenters. The molecule has 0 aliphatic rings. The van der Waals surface area contributed by atoms with Gasteiger partial charge in [0.05, 0.1) is 30.6 Å². The van der Waals surface area contributed by atoms with Gasteiger partial charge in [-0.3, -0.25) is 0 Å². The van der Waals surface area contributed by atoms with Gasteiger partial charge >= 0.3 is 5.97 Å². The largest absolute Gasteiger partial charge is 0.462 e. The van der Waals surface area contributed by atoms with Crippen molar-refractivity contribution in [3.05, 3.63) is 71.9 Å². The van der Waals surface area contributed by atoms with Crippen molar-refractivity contribution < 1.29 is 9.53 Å². The van der Waals surface area contributed by atoms with E-state index in [-0.39, 0.29) is 5.97 Å². The first-order valence-corrected chi connectivity index (χ1v) is 7.48. The normalized spacial score (nSPS) is 10.5. The zero-order chi connectivity index (χ0) is 16.1. The monoisotopic (exact) mass is 307 g/mol. The van der Waals surface area contributed by atoms with Crippen LogP contribution in [0.1, 0.15) is 22.8 Å². The molecule has 0 bridgehead atoms. The second-order valence-electron chi connectivity index (χ2n) is 5.06. The van der Waals surface area contributed by atoms with E-state index in [1.807, 2.05) is 35.0 Å². The average Bonchev–Trinajstić information content (AvgIpc) is 3.04. The number of rotatable bonds is 5. The molecule has 0 spiro atoms. The van der Waals surface area contributed by atoms with Gasteiger partial charge in [0, 0.05) is 5.56 Å². The third kappa shape index (κ3) is 3.45. The van der Waals surface area contributed by atoms with Crippen LogP contribution in [0.3, 0.4) is 0 Å². The highest BCUT2D eigenvalue weighted by Crippen LogP contribution is 2.20. The number of ether oxygens (including phenoxy) is 1. The topological polar surface area (TPSA) is 57.0 Å². The van der Waals surface area contributed by atoms with E-state index in [0.717, 1.165) is 16.8 Å². The van der Waals surface area contributed by atoms with Gasteiger partial charge in [0.1, 0.15) is 0 Å². The van der Waals surface area contributed by atoms with Crippen LogP contribution >= 0.6 is 0 Å². The lowest BCUT2D eigenvalue weighted by molar-refractivity contribution is 0.0526. The SMILES string of the molecule is CCOC(=O)c1ccc(-c2cnnn2Cc2ccccc2)cc1. The van der Waals surface area contributed by atoms with Crippen LogP contribution in [0.15, 0.2) is 60.8 Å². The predicted octanol–water partition coefficient (Wildman–Crippen LogP) is 3.17. The maximum Gasteiger partial charge on any atom is 0.338 e. The molecule has 23 heavy (non-hydrogen) atoms. The quantitative estimate of drug-likeness (QED) is 0.679. The first kappa shape index (κ1) is 15.0. The molecule has 3 rings (SSSR count). The molecule has 5 nitrogen and oxygen atoms in total. The molecule has 3 aromatic rings. The molecular weight excluding hydrogens is 290 g/mol. The van der Waals surface area contributed by atoms with Crippen LogP contribution in [0.25, 0.3) is 11.3 Å². The molecule has 2 aromatic carbocycles. The van der Waals surface area contributed by atoms with Gasteiger partial charge in [0.2, 0.25) is 0 Å². The zero-order valence-electron chi connectivity index (χ0n) is 12.8. The maximum absolute atomic E-state index is 11.7. The Morgan fingerprint density at radius 3 is 2.52 bits per heavy atom. The van der Waals surface area contributed by atoms with Crippen LogP contribution in [0.4, 0.5) is 0 Å². The predicted molar refractivity (Wildman–Crippen MR) is 87.0 cm³/mol. The molecule has 0 aliphatic carbocycles. The molecule has 1 heterocycles. The fraction of sp³-hybridized carbons (Fsp3) is 0.167. The second kappa shape index (κ2) is 6.87. The van der Waals surface area contributed by atoms with Crippen molar-refractivity contribution in [2.75, 3.05) is 6.61 Å². The van der Waals surface area contributed by atoms with Crippen LogP contribution in [0, 0.1) is 0 Å². The lowest BCUT2D eigenvalue weighted by Crippen LogP contribution is -2.05. The summed E-state index contributed by atoms with van der Waals surface area (Å²) in [5.74, 6) is -0.310. The summed E-state index contributed by atoms with van der Waals surface area (Å²) in [6, 6.07) is 17.4. The summed E-state index contributed by atoms with van der Waals surface area (Å²) in [7, 11) is 0. The Hall–Kier alpha value is -2.95. The van der Waals surface area contributed by atoms with Crippen LogP contribution in [0.5, 0.6) is 0 Å². The fourth-order valence-corrected chi connectivity index (χ4v) is 2.35. The smallest absolute Gasteiger partial charge is 0.338 e. The second-order valence-corrected chi connectivity index (χ2v) is 5.06. The van der Waals surface area contributed by atoms with Gasteiger partial charge in [-0.15, -0.1) is 5.10 Å². The van der Waals surface area contributed by atoms with E-state index in [9.17, 15) is 4.79 Å². The number of hydrogen-bond donors (Lipinski definition) is 0. The Morgan fingerprint density at radius 2 is 1.83 bits per heavy atom. The van der Waals surface area contributed by atoms with Crippen LogP contribution in [0.2, 0.25) is 0 Å². The first-order valence-electron chi connectivity index (χ1n) is 7.48. The first-order chi connectivity index (χ1) is 11.3. The lowest BCUT2D eigenvalue weighted by Gasteiger charge is -2.07. The minimum Gasteiger partial charge on any atom is -0.462 e. The molecule has 0 saturated heterocycles. The molecule has 0 radical (unpaired) electrons. The van der Waals surface area contributed by atoms with Crippen molar-refractivity contribution in [1.29, 1.82) is 0 Å². The highest BCUT2D eigenvalue weighted by atomic mass is 16.5. The molecule has 0 fully saturated rings. The van der Waals surface area contributed by atoms with Crippen molar-refractivity contribution in [3.8, 4) is 11.3 Å². The number of esters is 1. The number of aromatic nitrogens is 3. The molecule has 0 aliphatic heterocycles. The summed E-state index contributed by atoms with van der Waals surface area (Å²) < 4.78 is 6.83. The fourth-order valence-electron chi connectivity index (χ4n) is 2.35. The van der Waals surface area contributed by atoms with Crippen molar-refractivity contribution in [3.63, 3.8) is 0 Å². The molecule has 5 heteroatoms. The van der Waals surface area contributed by atoms with Gasteiger partial charge in [-0.2, -0.15) is 0 Å². The number of carbonyl (C=O) groups excluding carboxylic acids is 1. The van der Waals surface area contributed by atoms with Crippen LogP contribution < -0.4 is 0 Å². The van der Waals surface area contributed by atoms with Crippen molar-refractivity contribution in [2.24, 2.45) is 0 Å². The van der Waals surface area contributed by atoms with E-state index >= 15 is 0 Å². The number of nitrogens with zero attached hydrogens (tertiary/aromatic N) is 3. The van der Waals surface area contributed by atoms with Crippen LogP contribution in [-0.4, -0.2) is 27.6 Å². The van der Waals surface area contributed by atoms with Crippen molar-refractivity contribution in [2.45, 2.75) is 13.5 Å². The van der Waals surface area contributed by atoms with E-state index in [2.05, 4.69) is 22.4 Å². The third-order valence-electron chi connectivity index (χ3n) is 3.48. The van der Waals surface area contributed by atoms with Crippen molar-refractivity contribution in [1.82, 2.24) is 15.0 Å². The van der Waals surface area contributed by atoms with E-state index in [1.165, 1.54) is 0 Å². The molecular formula is C18H17N3O2. The Labute approximate surface area is 134 Å². The number of hydrogen-bond acceptors (Lipinski definition) is 4. The van der Waals surface area contributed by atoms with Crippen molar-refractivity contribution >= 4 is 5.97 Å². The van der Waals surface area contributed by atoms with Gasteiger partial charge < -0.3 is 4.74 Å². The number of carbonyl (C=O) groups is 1. The summed E-state index contributed by atoms with van der Waals surface area (Å²) in [6.07, 6.45) is 1.72. The average molecular weight is 307 g/mol. The minimum absolute atomic E-state index is 0.310. The van der Waals surface area contributed by atoms with Crippen LogP contribution in [-0.2, 0) is 11.3 Å². The Balaban J connectivity index is 1.83. The summed E-state index contributed by atoms with van der Waals surface area (Å²) in [4.78, 5) is 11.7.